The molecule has 0 radical (unpaired) electrons. The van der Waals surface area contributed by atoms with Crippen LogP contribution in [0.4, 0.5) is 5.69 Å². The summed E-state index contributed by atoms with van der Waals surface area (Å²) in [6, 6.07) is 10.2. The molecule has 1 heterocycles. The largest absolute Gasteiger partial charge is 0.507 e. The highest BCUT2D eigenvalue weighted by Crippen LogP contribution is 2.42. The van der Waals surface area contributed by atoms with Gasteiger partial charge in [0.15, 0.2) is 0 Å². The predicted molar refractivity (Wildman–Crippen MR) is 110 cm³/mol. The highest BCUT2D eigenvalue weighted by atomic mass is 35.5. The molecule has 0 aromatic heterocycles. The number of para-hydroxylation sites is 1. The fourth-order valence-corrected chi connectivity index (χ4v) is 3.61. The summed E-state index contributed by atoms with van der Waals surface area (Å²) in [6.07, 6.45) is -0.232. The van der Waals surface area contributed by atoms with Crippen molar-refractivity contribution in [1.82, 2.24) is 4.90 Å². The number of nitro groups is 1. The van der Waals surface area contributed by atoms with Gasteiger partial charge in [0.1, 0.15) is 5.76 Å². The maximum Gasteiger partial charge on any atom is 0.303 e. The molecular weight excluding hydrogens is 428 g/mol. The van der Waals surface area contributed by atoms with Gasteiger partial charge in [-0.15, -0.1) is 0 Å². The van der Waals surface area contributed by atoms with Crippen LogP contribution in [0.25, 0.3) is 5.76 Å². The van der Waals surface area contributed by atoms with Crippen LogP contribution in [0.3, 0.4) is 0 Å². The van der Waals surface area contributed by atoms with Crippen molar-refractivity contribution in [3.63, 3.8) is 0 Å². The number of hydrogen-bond donors (Lipinski definition) is 2. The average molecular weight is 445 g/mol. The van der Waals surface area contributed by atoms with E-state index in [-0.39, 0.29) is 41.8 Å². The van der Waals surface area contributed by atoms with Crippen molar-refractivity contribution in [1.29, 1.82) is 0 Å². The number of carbonyl (C=O) groups is 3. The Bertz CT molecular complexity index is 1100. The zero-order valence-corrected chi connectivity index (χ0v) is 16.8. The monoisotopic (exact) mass is 444 g/mol. The van der Waals surface area contributed by atoms with Gasteiger partial charge in [-0.3, -0.25) is 24.5 Å². The fourth-order valence-electron chi connectivity index (χ4n) is 3.48. The maximum absolute atomic E-state index is 12.8. The van der Waals surface area contributed by atoms with Crippen LogP contribution in [-0.4, -0.2) is 44.2 Å². The Morgan fingerprint density at radius 1 is 1.10 bits per heavy atom. The van der Waals surface area contributed by atoms with E-state index in [2.05, 4.69) is 0 Å². The van der Waals surface area contributed by atoms with Gasteiger partial charge >= 0.3 is 5.97 Å². The molecule has 1 atom stereocenters. The average Bonchev–Trinajstić information content (AvgIpc) is 2.98. The van der Waals surface area contributed by atoms with Crippen LogP contribution in [0.2, 0.25) is 5.02 Å². The number of likely N-dealkylation sites (tertiary alicyclic amines) is 1. The number of carbonyl (C=O) groups excluding carboxylic acids is 2. The van der Waals surface area contributed by atoms with E-state index in [1.165, 1.54) is 48.5 Å². The molecule has 1 unspecified atom stereocenters. The van der Waals surface area contributed by atoms with E-state index in [4.69, 9.17) is 16.7 Å². The number of nitro benzene ring substituents is 1. The van der Waals surface area contributed by atoms with Crippen molar-refractivity contribution in [2.45, 2.75) is 18.9 Å². The van der Waals surface area contributed by atoms with Crippen LogP contribution in [0.15, 0.2) is 54.1 Å². The number of carboxylic acids is 1. The Hall–Kier alpha value is -3.72. The molecular formula is C21H17ClN2O7. The highest BCUT2D eigenvalue weighted by Gasteiger charge is 2.47. The van der Waals surface area contributed by atoms with Gasteiger partial charge in [-0.1, -0.05) is 23.7 Å². The second-order valence-electron chi connectivity index (χ2n) is 6.81. The smallest absolute Gasteiger partial charge is 0.303 e. The molecule has 0 saturated carbocycles. The van der Waals surface area contributed by atoms with E-state index in [1.807, 2.05) is 0 Å². The number of ketones is 1. The zero-order valence-electron chi connectivity index (χ0n) is 16.0. The molecule has 0 spiro atoms. The van der Waals surface area contributed by atoms with Crippen LogP contribution in [-0.2, 0) is 14.4 Å². The molecule has 9 nitrogen and oxygen atoms in total. The fraction of sp³-hybridized carbons (Fsp3) is 0.190. The number of halogens is 1. The molecule has 1 saturated heterocycles. The molecule has 0 aliphatic carbocycles. The van der Waals surface area contributed by atoms with Gasteiger partial charge in [0, 0.05) is 29.6 Å². The molecule has 10 heteroatoms. The molecule has 160 valence electrons. The third-order valence-electron chi connectivity index (χ3n) is 4.88. The summed E-state index contributed by atoms with van der Waals surface area (Å²) in [7, 11) is 0. The van der Waals surface area contributed by atoms with E-state index in [0.29, 0.717) is 5.02 Å². The minimum Gasteiger partial charge on any atom is -0.507 e. The van der Waals surface area contributed by atoms with Crippen molar-refractivity contribution >= 4 is 40.7 Å². The molecule has 1 fully saturated rings. The third-order valence-corrected chi connectivity index (χ3v) is 5.13. The number of amides is 1. The normalized spacial score (nSPS) is 17.7. The maximum atomic E-state index is 12.8. The molecule has 31 heavy (non-hydrogen) atoms. The van der Waals surface area contributed by atoms with Gasteiger partial charge in [0.05, 0.1) is 22.1 Å². The lowest BCUT2D eigenvalue weighted by Gasteiger charge is -2.25. The van der Waals surface area contributed by atoms with Gasteiger partial charge in [0.25, 0.3) is 17.4 Å². The van der Waals surface area contributed by atoms with Crippen LogP contribution >= 0.6 is 11.6 Å². The van der Waals surface area contributed by atoms with E-state index >= 15 is 0 Å². The Labute approximate surface area is 181 Å². The zero-order chi connectivity index (χ0) is 22.7. The molecule has 2 aromatic rings. The third kappa shape index (κ3) is 4.41. The predicted octanol–water partition coefficient (Wildman–Crippen LogP) is 3.53. The molecule has 0 bridgehead atoms. The second kappa shape index (κ2) is 8.97. The lowest BCUT2D eigenvalue weighted by molar-refractivity contribution is -0.385. The standard InChI is InChI=1S/C21H17ClN2O7/c22-13-9-7-12(8-10-13)19(27)17-18(14-4-1-2-5-15(14)24(30)31)23(21(29)20(17)28)11-3-6-16(25)26/h1-2,4-5,7-10,18,27H,3,6,11H2,(H,25,26)/b19-17-. The highest BCUT2D eigenvalue weighted by molar-refractivity contribution is 6.46. The van der Waals surface area contributed by atoms with E-state index < -0.39 is 34.4 Å². The Morgan fingerprint density at radius 2 is 1.74 bits per heavy atom. The first-order valence-electron chi connectivity index (χ1n) is 9.21. The van der Waals surface area contributed by atoms with Crippen molar-refractivity contribution in [2.75, 3.05) is 6.54 Å². The van der Waals surface area contributed by atoms with Crippen molar-refractivity contribution in [3.05, 3.63) is 80.4 Å². The minimum atomic E-state index is -1.24. The summed E-state index contributed by atoms with van der Waals surface area (Å²) in [6.45, 7) is -0.134. The molecule has 3 rings (SSSR count). The number of aliphatic hydroxyl groups is 1. The molecule has 1 aliphatic heterocycles. The number of rotatable bonds is 7. The minimum absolute atomic E-state index is 0.0282. The number of nitrogens with zero attached hydrogens (tertiary/aromatic N) is 2. The molecule has 2 aromatic carbocycles. The lowest BCUT2D eigenvalue weighted by atomic mass is 9.94. The van der Waals surface area contributed by atoms with Crippen LogP contribution in [0.5, 0.6) is 0 Å². The summed E-state index contributed by atoms with van der Waals surface area (Å²) in [5, 5.41) is 31.7. The number of hydrogen-bond acceptors (Lipinski definition) is 6. The Morgan fingerprint density at radius 3 is 2.35 bits per heavy atom. The van der Waals surface area contributed by atoms with Crippen molar-refractivity contribution < 1.29 is 29.5 Å². The second-order valence-corrected chi connectivity index (χ2v) is 7.25. The number of carboxylic acid groups (broad SMARTS) is 1. The van der Waals surface area contributed by atoms with Gasteiger partial charge in [-0.05, 0) is 36.8 Å². The van der Waals surface area contributed by atoms with E-state index in [9.17, 15) is 29.6 Å². The van der Waals surface area contributed by atoms with Gasteiger partial charge in [-0.2, -0.15) is 0 Å². The summed E-state index contributed by atoms with van der Waals surface area (Å²) in [4.78, 5) is 48.5. The topological polar surface area (TPSA) is 138 Å². The van der Waals surface area contributed by atoms with Crippen molar-refractivity contribution in [3.8, 4) is 0 Å². The Balaban J connectivity index is 2.18. The first kappa shape index (κ1) is 22.0. The van der Waals surface area contributed by atoms with E-state index in [1.54, 1.807) is 0 Å². The SMILES string of the molecule is O=C(O)CCCN1C(=O)C(=O)/C(=C(\O)c2ccc(Cl)cc2)C1c1ccccc1[N+](=O)[O-]. The summed E-state index contributed by atoms with van der Waals surface area (Å²) >= 11 is 5.86. The molecule has 2 N–H and O–H groups in total. The van der Waals surface area contributed by atoms with Gasteiger partial charge < -0.3 is 15.1 Å². The summed E-state index contributed by atoms with van der Waals surface area (Å²) in [5.74, 6) is -3.56. The van der Waals surface area contributed by atoms with Crippen LogP contribution in [0.1, 0.15) is 30.0 Å². The number of aliphatic hydroxyl groups excluding tert-OH is 1. The number of aliphatic carboxylic acids is 1. The summed E-state index contributed by atoms with van der Waals surface area (Å²) in [5.41, 5.74) is -0.398. The van der Waals surface area contributed by atoms with Gasteiger partial charge in [0.2, 0.25) is 0 Å². The first-order chi connectivity index (χ1) is 14.7. The van der Waals surface area contributed by atoms with E-state index in [0.717, 1.165) is 4.90 Å². The quantitative estimate of drug-likeness (QED) is 0.219. The molecule has 1 amide bonds. The lowest BCUT2D eigenvalue weighted by Crippen LogP contribution is -2.31. The Kier molecular flexibility index (Phi) is 6.36. The van der Waals surface area contributed by atoms with Gasteiger partial charge in [-0.25, -0.2) is 0 Å². The summed E-state index contributed by atoms with van der Waals surface area (Å²) < 4.78 is 0. The van der Waals surface area contributed by atoms with Crippen LogP contribution in [0, 0.1) is 10.1 Å². The van der Waals surface area contributed by atoms with Crippen molar-refractivity contribution in [2.24, 2.45) is 0 Å². The first-order valence-corrected chi connectivity index (χ1v) is 9.59. The molecule has 1 aliphatic rings. The number of benzene rings is 2. The van der Waals surface area contributed by atoms with Crippen LogP contribution < -0.4 is 0 Å². The number of Topliss-reactive ketones (excluding diaryl/α,β-unsaturated/α-hetero) is 1.